The summed E-state index contributed by atoms with van der Waals surface area (Å²) in [5.41, 5.74) is 1.12. The third-order valence-corrected chi connectivity index (χ3v) is 8.36. The molecule has 3 aromatic heterocycles. The van der Waals surface area contributed by atoms with Crippen molar-refractivity contribution in [2.24, 2.45) is 5.92 Å². The van der Waals surface area contributed by atoms with Crippen molar-refractivity contribution in [2.75, 3.05) is 10.2 Å². The van der Waals surface area contributed by atoms with Crippen LogP contribution in [0.5, 0.6) is 11.5 Å². The molecule has 10 heteroatoms. The first-order valence-corrected chi connectivity index (χ1v) is 14.0. The molecule has 1 aliphatic heterocycles. The largest absolute Gasteiger partial charge is 0.456 e. The number of Topliss-reactive ketones (excluding diaryl/α,β-unsaturated/α-hetero) is 1. The van der Waals surface area contributed by atoms with E-state index in [1.807, 2.05) is 30.3 Å². The minimum atomic E-state index is -0.401. The molecule has 3 amide bonds. The monoisotopic (exact) mass is 553 g/mol. The quantitative estimate of drug-likeness (QED) is 0.188. The Hall–Kier alpha value is -4.57. The number of ether oxygens (including phenoxy) is 1. The number of urea groups is 1. The molecule has 202 valence electrons. The number of anilines is 3. The van der Waals surface area contributed by atoms with E-state index in [9.17, 15) is 14.4 Å². The maximum atomic E-state index is 13.5. The molecule has 0 unspecified atom stereocenters. The highest BCUT2D eigenvalue weighted by Crippen LogP contribution is 2.46. The average Bonchev–Trinajstić information content (AvgIpc) is 3.34. The number of carbonyl (C=O) groups is 3. The zero-order valence-corrected chi connectivity index (χ0v) is 22.4. The fourth-order valence-electron chi connectivity index (χ4n) is 5.42. The molecule has 1 aliphatic carbocycles. The highest BCUT2D eigenvalue weighted by Gasteiger charge is 2.34. The zero-order chi connectivity index (χ0) is 27.6. The molecule has 1 fully saturated rings. The van der Waals surface area contributed by atoms with Crippen molar-refractivity contribution < 1.29 is 19.1 Å². The fourth-order valence-corrected chi connectivity index (χ4v) is 6.49. The van der Waals surface area contributed by atoms with E-state index in [0.717, 1.165) is 31.1 Å². The molecule has 2 N–H and O–H groups in total. The lowest BCUT2D eigenvalue weighted by molar-refractivity contribution is -0.117. The Morgan fingerprint density at radius 3 is 2.75 bits per heavy atom. The van der Waals surface area contributed by atoms with Crippen molar-refractivity contribution in [1.29, 1.82) is 0 Å². The van der Waals surface area contributed by atoms with Crippen LogP contribution in [0.1, 0.15) is 41.8 Å². The average molecular weight is 554 g/mol. The standard InChI is InChI=1S/C30H27N5O4S/c1-2-25(37)33-19-8-6-7-18(15-19)16-23(36)28-27-26-22(13-14-31-29(26)40-28)35(30(38)34-27)24-12-11-21(17-32-24)39-20-9-4-3-5-10-20/h2-5,9-14,17-19H,1,6-8,15-16H2,(H,33,37)(H,34,38)/t18-,19-/m1/s1. The third-order valence-electron chi connectivity index (χ3n) is 7.22. The molecule has 40 heavy (non-hydrogen) atoms. The van der Waals surface area contributed by atoms with Crippen LogP contribution in [0.25, 0.3) is 10.2 Å². The second-order valence-corrected chi connectivity index (χ2v) is 10.9. The van der Waals surface area contributed by atoms with Crippen molar-refractivity contribution in [1.82, 2.24) is 15.3 Å². The van der Waals surface area contributed by atoms with Crippen LogP contribution in [0, 0.1) is 5.92 Å². The van der Waals surface area contributed by atoms with E-state index in [1.165, 1.54) is 22.3 Å². The number of nitrogens with zero attached hydrogens (tertiary/aromatic N) is 3. The van der Waals surface area contributed by atoms with Gasteiger partial charge in [-0.25, -0.2) is 19.7 Å². The first kappa shape index (κ1) is 25.7. The summed E-state index contributed by atoms with van der Waals surface area (Å²) >= 11 is 1.29. The number of thiophene rings is 1. The fraction of sp³-hybridized carbons (Fsp3) is 0.233. The predicted molar refractivity (Wildman–Crippen MR) is 155 cm³/mol. The number of pyridine rings is 2. The Morgan fingerprint density at radius 1 is 1.12 bits per heavy atom. The smallest absolute Gasteiger partial charge is 0.332 e. The molecular weight excluding hydrogens is 526 g/mol. The Kier molecular flexibility index (Phi) is 7.00. The molecule has 0 spiro atoms. The van der Waals surface area contributed by atoms with Gasteiger partial charge in [-0.2, -0.15) is 0 Å². The summed E-state index contributed by atoms with van der Waals surface area (Å²) in [6.07, 6.45) is 8.33. The van der Waals surface area contributed by atoms with E-state index in [4.69, 9.17) is 4.74 Å². The van der Waals surface area contributed by atoms with E-state index in [-0.39, 0.29) is 23.7 Å². The summed E-state index contributed by atoms with van der Waals surface area (Å²) in [7, 11) is 0. The van der Waals surface area contributed by atoms with Gasteiger partial charge in [-0.15, -0.1) is 11.3 Å². The van der Waals surface area contributed by atoms with Crippen LogP contribution >= 0.6 is 11.3 Å². The number of para-hydroxylation sites is 1. The lowest BCUT2D eigenvalue weighted by Crippen LogP contribution is -2.37. The van der Waals surface area contributed by atoms with Crippen molar-refractivity contribution in [2.45, 2.75) is 38.1 Å². The number of nitrogens with one attached hydrogen (secondary N) is 2. The van der Waals surface area contributed by atoms with Crippen LogP contribution in [0.3, 0.4) is 0 Å². The number of hydrogen-bond acceptors (Lipinski definition) is 7. The van der Waals surface area contributed by atoms with Gasteiger partial charge in [0.25, 0.3) is 0 Å². The van der Waals surface area contributed by atoms with E-state index in [1.54, 1.807) is 30.6 Å². The summed E-state index contributed by atoms with van der Waals surface area (Å²) in [5.74, 6) is 1.59. The van der Waals surface area contributed by atoms with Crippen LogP contribution in [0.15, 0.2) is 73.6 Å². The summed E-state index contributed by atoms with van der Waals surface area (Å²) in [4.78, 5) is 50.3. The SMILES string of the molecule is C=CC(=O)N[C@@H]1CCC[C@@H](CC(=O)c2sc3nccc4c3c2NC(=O)N4c2ccc(Oc3ccccc3)cn2)C1. The van der Waals surface area contributed by atoms with Gasteiger partial charge in [0.15, 0.2) is 5.78 Å². The number of ketones is 1. The van der Waals surface area contributed by atoms with Crippen LogP contribution in [0.4, 0.5) is 22.0 Å². The lowest BCUT2D eigenvalue weighted by atomic mass is 9.82. The van der Waals surface area contributed by atoms with Gasteiger partial charge < -0.3 is 15.4 Å². The minimum absolute atomic E-state index is 0.0288. The van der Waals surface area contributed by atoms with Gasteiger partial charge in [-0.3, -0.25) is 9.59 Å². The molecule has 2 aliphatic rings. The Bertz CT molecular complexity index is 1600. The predicted octanol–water partition coefficient (Wildman–Crippen LogP) is 6.60. The minimum Gasteiger partial charge on any atom is -0.456 e. The Balaban J connectivity index is 1.24. The number of hydrogen-bond donors (Lipinski definition) is 2. The van der Waals surface area contributed by atoms with Crippen molar-refractivity contribution >= 4 is 56.5 Å². The van der Waals surface area contributed by atoms with Crippen molar-refractivity contribution in [3.63, 3.8) is 0 Å². The maximum Gasteiger partial charge on any atom is 0.332 e. The van der Waals surface area contributed by atoms with Crippen LogP contribution in [-0.4, -0.2) is 33.7 Å². The van der Waals surface area contributed by atoms with Gasteiger partial charge in [0.2, 0.25) is 5.91 Å². The van der Waals surface area contributed by atoms with Gasteiger partial charge in [0, 0.05) is 18.7 Å². The van der Waals surface area contributed by atoms with E-state index in [0.29, 0.717) is 44.8 Å². The second-order valence-electron chi connectivity index (χ2n) is 9.92. The van der Waals surface area contributed by atoms with Gasteiger partial charge >= 0.3 is 6.03 Å². The van der Waals surface area contributed by atoms with E-state index in [2.05, 4.69) is 27.2 Å². The zero-order valence-electron chi connectivity index (χ0n) is 21.6. The van der Waals surface area contributed by atoms with Crippen LogP contribution in [-0.2, 0) is 4.79 Å². The molecule has 9 nitrogen and oxygen atoms in total. The molecule has 1 saturated carbocycles. The molecule has 0 saturated heterocycles. The third kappa shape index (κ3) is 5.05. The summed E-state index contributed by atoms with van der Waals surface area (Å²) in [6, 6.07) is 14.3. The number of rotatable bonds is 8. The number of carbonyl (C=O) groups excluding carboxylic acids is 3. The first-order valence-electron chi connectivity index (χ1n) is 13.2. The number of benzene rings is 1. The van der Waals surface area contributed by atoms with Crippen molar-refractivity contribution in [3.05, 3.63) is 78.5 Å². The number of aromatic nitrogens is 2. The number of amides is 3. The highest BCUT2D eigenvalue weighted by atomic mass is 32.1. The van der Waals surface area contributed by atoms with Gasteiger partial charge in [0.1, 0.15) is 22.1 Å². The van der Waals surface area contributed by atoms with Gasteiger partial charge in [-0.05, 0) is 61.6 Å². The lowest BCUT2D eigenvalue weighted by Gasteiger charge is -2.29. The topological polar surface area (TPSA) is 114 Å². The second kappa shape index (κ2) is 10.9. The van der Waals surface area contributed by atoms with Crippen molar-refractivity contribution in [3.8, 4) is 11.5 Å². The summed E-state index contributed by atoms with van der Waals surface area (Å²) < 4.78 is 5.83. The Morgan fingerprint density at radius 2 is 1.98 bits per heavy atom. The molecule has 0 radical (unpaired) electrons. The Labute approximate surface area is 234 Å². The molecule has 0 bridgehead atoms. The molecule has 2 atom stereocenters. The molecular formula is C30H27N5O4S. The van der Waals surface area contributed by atoms with Crippen LogP contribution in [0.2, 0.25) is 0 Å². The van der Waals surface area contributed by atoms with Gasteiger partial charge in [0.05, 0.1) is 27.8 Å². The molecule has 1 aromatic carbocycles. The highest BCUT2D eigenvalue weighted by molar-refractivity contribution is 7.21. The molecule has 4 aromatic rings. The summed E-state index contributed by atoms with van der Waals surface area (Å²) in [5, 5.41) is 6.62. The van der Waals surface area contributed by atoms with E-state index < -0.39 is 6.03 Å². The van der Waals surface area contributed by atoms with Crippen LogP contribution < -0.4 is 20.3 Å². The normalized spacial score (nSPS) is 18.2. The summed E-state index contributed by atoms with van der Waals surface area (Å²) in [6.45, 7) is 3.52. The molecule has 4 heterocycles. The molecule has 6 rings (SSSR count). The van der Waals surface area contributed by atoms with E-state index >= 15 is 0 Å². The maximum absolute atomic E-state index is 13.5. The van der Waals surface area contributed by atoms with Gasteiger partial charge in [-0.1, -0.05) is 31.2 Å². The first-order chi connectivity index (χ1) is 19.5.